The zero-order valence-corrected chi connectivity index (χ0v) is 8.90. The Labute approximate surface area is 90.4 Å². The summed E-state index contributed by atoms with van der Waals surface area (Å²) >= 11 is 7.31. The number of alkyl halides is 1. The van der Waals surface area contributed by atoms with Crippen LogP contribution in [0.1, 0.15) is 11.1 Å². The molecule has 4 heteroatoms. The summed E-state index contributed by atoms with van der Waals surface area (Å²) in [5.41, 5.74) is 1.25. The van der Waals surface area contributed by atoms with E-state index in [1.165, 1.54) is 0 Å². The van der Waals surface area contributed by atoms with Crippen LogP contribution >= 0.6 is 22.9 Å². The van der Waals surface area contributed by atoms with E-state index in [0.717, 1.165) is 10.1 Å². The van der Waals surface area contributed by atoms with Crippen LogP contribution in [0.5, 0.6) is 5.75 Å². The Morgan fingerprint density at radius 1 is 1.43 bits per heavy atom. The first kappa shape index (κ1) is 9.77. The van der Waals surface area contributed by atoms with Crippen LogP contribution in [0.2, 0.25) is 0 Å². The Bertz CT molecular complexity index is 464. The van der Waals surface area contributed by atoms with Gasteiger partial charge in [0.05, 0.1) is 12.5 Å². The molecule has 1 aromatic heterocycles. The first-order chi connectivity index (χ1) is 6.77. The molecule has 0 saturated heterocycles. The van der Waals surface area contributed by atoms with Crippen molar-refractivity contribution in [2.75, 3.05) is 0 Å². The molecule has 74 valence electrons. The highest BCUT2D eigenvalue weighted by atomic mass is 35.5. The van der Waals surface area contributed by atoms with Crippen molar-refractivity contribution in [3.05, 3.63) is 28.6 Å². The van der Waals surface area contributed by atoms with Crippen molar-refractivity contribution in [3.63, 3.8) is 0 Å². The number of phenols is 1. The van der Waals surface area contributed by atoms with Gasteiger partial charge >= 0.3 is 0 Å². The molecule has 14 heavy (non-hydrogen) atoms. The van der Waals surface area contributed by atoms with Gasteiger partial charge in [-0.2, -0.15) is 0 Å². The quantitative estimate of drug-likeness (QED) is 0.776. The van der Waals surface area contributed by atoms with Crippen molar-refractivity contribution in [2.24, 2.45) is 0 Å². The van der Waals surface area contributed by atoms with Crippen LogP contribution in [0, 0.1) is 0 Å². The van der Waals surface area contributed by atoms with E-state index in [-0.39, 0.29) is 18.2 Å². The summed E-state index contributed by atoms with van der Waals surface area (Å²) in [6.45, 7) is -0.165. The van der Waals surface area contributed by atoms with E-state index in [2.05, 4.69) is 0 Å². The van der Waals surface area contributed by atoms with E-state index < -0.39 is 0 Å². The Morgan fingerprint density at radius 2 is 2.21 bits per heavy atom. The lowest BCUT2D eigenvalue weighted by Crippen LogP contribution is -1.89. The Morgan fingerprint density at radius 3 is 2.86 bits per heavy atom. The smallest absolute Gasteiger partial charge is 0.126 e. The van der Waals surface area contributed by atoms with E-state index in [0.29, 0.717) is 11.1 Å². The molecule has 1 heterocycles. The summed E-state index contributed by atoms with van der Waals surface area (Å²) in [5, 5.41) is 21.8. The first-order valence-corrected chi connectivity index (χ1v) is 5.57. The Balaban J connectivity index is 2.80. The van der Waals surface area contributed by atoms with Crippen molar-refractivity contribution >= 4 is 33.0 Å². The fraction of sp³-hybridized carbons (Fsp3) is 0.200. The Hall–Kier alpha value is -0.770. The number of aliphatic hydroxyl groups is 1. The van der Waals surface area contributed by atoms with Crippen LogP contribution in [0.4, 0.5) is 0 Å². The van der Waals surface area contributed by atoms with Crippen molar-refractivity contribution in [2.45, 2.75) is 12.5 Å². The van der Waals surface area contributed by atoms with Crippen molar-refractivity contribution in [1.29, 1.82) is 0 Å². The molecule has 0 aliphatic rings. The number of aromatic hydroxyl groups is 1. The number of hydrogen-bond donors (Lipinski definition) is 2. The number of fused-ring (bicyclic) bond motifs is 1. The molecule has 2 N–H and O–H groups in total. The predicted molar refractivity (Wildman–Crippen MR) is 59.0 cm³/mol. The maximum atomic E-state index is 9.77. The maximum Gasteiger partial charge on any atom is 0.126 e. The SMILES string of the molecule is OCc1cc2ccsc2c(CCl)c1O. The normalized spacial score (nSPS) is 11.0. The number of thiophene rings is 1. The van der Waals surface area contributed by atoms with Crippen molar-refractivity contribution in [1.82, 2.24) is 0 Å². The van der Waals surface area contributed by atoms with E-state index in [1.54, 1.807) is 17.4 Å². The molecule has 0 aliphatic carbocycles. The highest BCUT2D eigenvalue weighted by Gasteiger charge is 2.11. The molecule has 0 bridgehead atoms. The third kappa shape index (κ3) is 1.38. The summed E-state index contributed by atoms with van der Waals surface area (Å²) in [6, 6.07) is 3.74. The van der Waals surface area contributed by atoms with E-state index in [4.69, 9.17) is 16.7 Å². The number of hydrogen-bond acceptors (Lipinski definition) is 3. The van der Waals surface area contributed by atoms with Gasteiger partial charge in [-0.3, -0.25) is 0 Å². The van der Waals surface area contributed by atoms with Crippen LogP contribution in [0.25, 0.3) is 10.1 Å². The van der Waals surface area contributed by atoms with Gasteiger partial charge in [0.2, 0.25) is 0 Å². The standard InChI is InChI=1S/C10H9ClO2S/c11-4-8-9(13)7(5-12)3-6-1-2-14-10(6)8/h1-3,12-13H,4-5H2. The summed E-state index contributed by atoms with van der Waals surface area (Å²) in [4.78, 5) is 0. The maximum absolute atomic E-state index is 9.77. The lowest BCUT2D eigenvalue weighted by Gasteiger charge is -2.07. The van der Waals surface area contributed by atoms with Gasteiger partial charge in [-0.15, -0.1) is 22.9 Å². The van der Waals surface area contributed by atoms with Crippen LogP contribution in [0.15, 0.2) is 17.5 Å². The minimum atomic E-state index is -0.165. The van der Waals surface area contributed by atoms with E-state index in [1.807, 2.05) is 11.4 Å². The average molecular weight is 229 g/mol. The molecule has 0 aliphatic heterocycles. The van der Waals surface area contributed by atoms with Crippen LogP contribution < -0.4 is 0 Å². The molecule has 2 nitrogen and oxygen atoms in total. The zero-order chi connectivity index (χ0) is 10.1. The van der Waals surface area contributed by atoms with Gasteiger partial charge in [-0.25, -0.2) is 0 Å². The van der Waals surface area contributed by atoms with E-state index in [9.17, 15) is 5.11 Å². The molecule has 0 spiro atoms. The predicted octanol–water partition coefficient (Wildman–Crippen LogP) is 2.84. The average Bonchev–Trinajstić information content (AvgIpc) is 2.64. The third-order valence-electron chi connectivity index (χ3n) is 2.19. The molecular formula is C10H9ClO2S. The summed E-state index contributed by atoms with van der Waals surface area (Å²) < 4.78 is 0.995. The van der Waals surface area contributed by atoms with Gasteiger partial charge in [0, 0.05) is 15.8 Å². The summed E-state index contributed by atoms with van der Waals surface area (Å²) in [5.74, 6) is 0.383. The van der Waals surface area contributed by atoms with Crippen molar-refractivity contribution in [3.8, 4) is 5.75 Å². The van der Waals surface area contributed by atoms with Gasteiger partial charge in [-0.1, -0.05) is 0 Å². The summed E-state index contributed by atoms with van der Waals surface area (Å²) in [6.07, 6.45) is 0. The first-order valence-electron chi connectivity index (χ1n) is 4.15. The largest absolute Gasteiger partial charge is 0.507 e. The topological polar surface area (TPSA) is 40.5 Å². The fourth-order valence-corrected chi connectivity index (χ4v) is 2.74. The highest BCUT2D eigenvalue weighted by molar-refractivity contribution is 7.17. The van der Waals surface area contributed by atoms with Gasteiger partial charge in [0.15, 0.2) is 0 Å². The minimum absolute atomic E-state index is 0.123. The van der Waals surface area contributed by atoms with Crippen molar-refractivity contribution < 1.29 is 10.2 Å². The second kappa shape index (κ2) is 3.77. The lowest BCUT2D eigenvalue weighted by molar-refractivity contribution is 0.275. The van der Waals surface area contributed by atoms with Gasteiger partial charge in [0.25, 0.3) is 0 Å². The number of rotatable bonds is 2. The summed E-state index contributed by atoms with van der Waals surface area (Å²) in [7, 11) is 0. The highest BCUT2D eigenvalue weighted by Crippen LogP contribution is 2.35. The molecule has 0 radical (unpaired) electrons. The number of halogens is 1. The molecule has 2 rings (SSSR count). The van der Waals surface area contributed by atoms with Gasteiger partial charge in [-0.05, 0) is 22.9 Å². The lowest BCUT2D eigenvalue weighted by atomic mass is 10.1. The fourth-order valence-electron chi connectivity index (χ4n) is 1.48. The van der Waals surface area contributed by atoms with Crippen LogP contribution in [-0.4, -0.2) is 10.2 Å². The molecule has 1 aromatic carbocycles. The third-order valence-corrected chi connectivity index (χ3v) is 3.45. The number of aliphatic hydroxyl groups excluding tert-OH is 1. The second-order valence-corrected chi connectivity index (χ2v) is 4.18. The molecule has 0 unspecified atom stereocenters. The van der Waals surface area contributed by atoms with Gasteiger partial charge < -0.3 is 10.2 Å². The monoisotopic (exact) mass is 228 g/mol. The molecule has 0 atom stereocenters. The molecule has 0 fully saturated rings. The van der Waals surface area contributed by atoms with Crippen LogP contribution in [-0.2, 0) is 12.5 Å². The van der Waals surface area contributed by atoms with Gasteiger partial charge in [0.1, 0.15) is 5.75 Å². The zero-order valence-electron chi connectivity index (χ0n) is 7.33. The molecule has 0 saturated carbocycles. The van der Waals surface area contributed by atoms with Crippen LogP contribution in [0.3, 0.4) is 0 Å². The molecule has 0 amide bonds. The molecular weight excluding hydrogens is 220 g/mol. The Kier molecular flexibility index (Phi) is 2.63. The second-order valence-electron chi connectivity index (χ2n) is 2.99. The molecule has 2 aromatic rings. The van der Waals surface area contributed by atoms with E-state index >= 15 is 0 Å². The minimum Gasteiger partial charge on any atom is -0.507 e. The number of benzene rings is 1.